The summed E-state index contributed by atoms with van der Waals surface area (Å²) < 4.78 is 10.9. The molecule has 0 N–H and O–H groups in total. The van der Waals surface area contributed by atoms with Gasteiger partial charge in [0.15, 0.2) is 0 Å². The van der Waals surface area contributed by atoms with Gasteiger partial charge in [0.2, 0.25) is 0 Å². The number of hydrogen-bond donors (Lipinski definition) is 0. The van der Waals surface area contributed by atoms with Gasteiger partial charge in [0.1, 0.15) is 12.4 Å². The van der Waals surface area contributed by atoms with Gasteiger partial charge in [-0.05, 0) is 42.1 Å². The molecule has 30 heavy (non-hydrogen) atoms. The Morgan fingerprint density at radius 1 is 1.30 bits per heavy atom. The number of aryl methyl sites for hydroxylation is 1. The van der Waals surface area contributed by atoms with Gasteiger partial charge < -0.3 is 14.2 Å². The van der Waals surface area contributed by atoms with E-state index in [-0.39, 0.29) is 5.91 Å². The molecule has 0 saturated heterocycles. The molecule has 7 heteroatoms. The second kappa shape index (κ2) is 8.51. The SMILES string of the molecule is C=CCOc1ccc(CN(C)C(=O)c2cc(-c3cccs3)nc3onc(C)c23)cc1. The van der Waals surface area contributed by atoms with Gasteiger partial charge in [-0.15, -0.1) is 11.3 Å². The van der Waals surface area contributed by atoms with Crippen molar-refractivity contribution >= 4 is 28.3 Å². The summed E-state index contributed by atoms with van der Waals surface area (Å²) in [6.07, 6.45) is 1.70. The Bertz CT molecular complexity index is 1180. The summed E-state index contributed by atoms with van der Waals surface area (Å²) >= 11 is 1.56. The van der Waals surface area contributed by atoms with Gasteiger partial charge in [0.25, 0.3) is 11.6 Å². The minimum absolute atomic E-state index is 0.113. The number of carbonyl (C=O) groups is 1. The quantitative estimate of drug-likeness (QED) is 0.390. The number of pyridine rings is 1. The van der Waals surface area contributed by atoms with Crippen LogP contribution in [0.4, 0.5) is 0 Å². The van der Waals surface area contributed by atoms with Crippen LogP contribution in [0.3, 0.4) is 0 Å². The lowest BCUT2D eigenvalue weighted by molar-refractivity contribution is 0.0787. The average Bonchev–Trinajstić information content (AvgIpc) is 3.42. The van der Waals surface area contributed by atoms with E-state index in [1.54, 1.807) is 29.4 Å². The van der Waals surface area contributed by atoms with Gasteiger partial charge in [-0.3, -0.25) is 4.79 Å². The van der Waals surface area contributed by atoms with Gasteiger partial charge in [-0.1, -0.05) is 36.0 Å². The third-order valence-corrected chi connectivity index (χ3v) is 5.57. The third kappa shape index (κ3) is 3.97. The maximum absolute atomic E-state index is 13.3. The van der Waals surface area contributed by atoms with Crippen molar-refractivity contribution < 1.29 is 14.1 Å². The molecule has 0 aliphatic carbocycles. The average molecular weight is 420 g/mol. The van der Waals surface area contributed by atoms with E-state index >= 15 is 0 Å². The zero-order chi connectivity index (χ0) is 21.1. The number of ether oxygens (including phenoxy) is 1. The van der Waals surface area contributed by atoms with Gasteiger partial charge in [-0.2, -0.15) is 0 Å². The van der Waals surface area contributed by atoms with Crippen LogP contribution in [-0.2, 0) is 6.54 Å². The maximum Gasteiger partial charge on any atom is 0.259 e. The van der Waals surface area contributed by atoms with Crippen molar-refractivity contribution in [1.29, 1.82) is 0 Å². The van der Waals surface area contributed by atoms with Crippen LogP contribution in [0.1, 0.15) is 21.6 Å². The van der Waals surface area contributed by atoms with E-state index in [1.807, 2.05) is 54.8 Å². The zero-order valence-electron chi connectivity index (χ0n) is 16.8. The number of carbonyl (C=O) groups excluding carboxylic acids is 1. The molecule has 1 amide bonds. The number of benzene rings is 1. The standard InChI is InChI=1S/C23H21N3O3S/c1-4-11-28-17-9-7-16(8-10-17)14-26(3)23(27)18-13-19(20-6-5-12-30-20)24-22-21(18)15(2)25-29-22/h4-10,12-13H,1,11,14H2,2-3H3. The summed E-state index contributed by atoms with van der Waals surface area (Å²) in [7, 11) is 1.78. The Balaban J connectivity index is 1.62. The predicted octanol–water partition coefficient (Wildman–Crippen LogP) is 5.10. The summed E-state index contributed by atoms with van der Waals surface area (Å²) in [5.41, 5.74) is 3.27. The van der Waals surface area contributed by atoms with Crippen LogP contribution in [0.2, 0.25) is 0 Å². The van der Waals surface area contributed by atoms with Crippen molar-refractivity contribution in [3.8, 4) is 16.3 Å². The Kier molecular flexibility index (Phi) is 5.63. The molecule has 4 aromatic rings. The highest BCUT2D eigenvalue weighted by atomic mass is 32.1. The van der Waals surface area contributed by atoms with Crippen LogP contribution in [0, 0.1) is 6.92 Å². The Morgan fingerprint density at radius 3 is 2.80 bits per heavy atom. The first-order valence-corrected chi connectivity index (χ1v) is 10.3. The van der Waals surface area contributed by atoms with Crippen molar-refractivity contribution in [2.24, 2.45) is 0 Å². The first-order chi connectivity index (χ1) is 14.6. The van der Waals surface area contributed by atoms with E-state index in [0.717, 1.165) is 16.2 Å². The highest BCUT2D eigenvalue weighted by Crippen LogP contribution is 2.30. The summed E-state index contributed by atoms with van der Waals surface area (Å²) in [5.74, 6) is 0.655. The van der Waals surface area contributed by atoms with E-state index in [9.17, 15) is 4.79 Å². The molecule has 3 heterocycles. The Morgan fingerprint density at radius 2 is 2.10 bits per heavy atom. The Hall–Kier alpha value is -3.45. The van der Waals surface area contributed by atoms with Crippen molar-refractivity contribution in [2.45, 2.75) is 13.5 Å². The van der Waals surface area contributed by atoms with Gasteiger partial charge in [0.05, 0.1) is 27.2 Å². The lowest BCUT2D eigenvalue weighted by Crippen LogP contribution is -2.26. The minimum atomic E-state index is -0.113. The van der Waals surface area contributed by atoms with Crippen molar-refractivity contribution in [1.82, 2.24) is 15.0 Å². The van der Waals surface area contributed by atoms with Crippen LogP contribution in [0.15, 0.2) is 65.0 Å². The van der Waals surface area contributed by atoms with E-state index < -0.39 is 0 Å². The summed E-state index contributed by atoms with van der Waals surface area (Å²) in [6, 6.07) is 13.4. The van der Waals surface area contributed by atoms with Crippen molar-refractivity contribution in [2.75, 3.05) is 13.7 Å². The lowest BCUT2D eigenvalue weighted by atomic mass is 10.1. The number of amides is 1. The molecule has 1 aromatic carbocycles. The molecule has 0 saturated carbocycles. The molecule has 0 atom stereocenters. The fourth-order valence-corrected chi connectivity index (χ4v) is 3.90. The summed E-state index contributed by atoms with van der Waals surface area (Å²) in [5, 5.41) is 6.64. The van der Waals surface area contributed by atoms with Crippen molar-refractivity contribution in [3.05, 3.63) is 77.3 Å². The van der Waals surface area contributed by atoms with E-state index in [0.29, 0.717) is 41.2 Å². The molecule has 6 nitrogen and oxygen atoms in total. The topological polar surface area (TPSA) is 68.5 Å². The second-order valence-corrected chi connectivity index (χ2v) is 7.83. The first-order valence-electron chi connectivity index (χ1n) is 9.46. The summed E-state index contributed by atoms with van der Waals surface area (Å²) in [6.45, 7) is 6.38. The van der Waals surface area contributed by atoms with Crippen LogP contribution < -0.4 is 4.74 Å². The molecule has 0 fully saturated rings. The summed E-state index contributed by atoms with van der Waals surface area (Å²) in [4.78, 5) is 20.5. The van der Waals surface area contributed by atoms with Gasteiger partial charge >= 0.3 is 0 Å². The molecule has 0 radical (unpaired) electrons. The molecule has 0 aliphatic rings. The van der Waals surface area contributed by atoms with Crippen LogP contribution in [-0.4, -0.2) is 34.6 Å². The largest absolute Gasteiger partial charge is 0.490 e. The second-order valence-electron chi connectivity index (χ2n) is 6.89. The number of rotatable bonds is 7. The molecule has 0 unspecified atom stereocenters. The monoisotopic (exact) mass is 419 g/mol. The first kappa shape index (κ1) is 19.8. The molecular weight excluding hydrogens is 398 g/mol. The number of hydrogen-bond acceptors (Lipinski definition) is 6. The molecule has 4 rings (SSSR count). The molecular formula is C23H21N3O3S. The normalized spacial score (nSPS) is 10.9. The number of aromatic nitrogens is 2. The van der Waals surface area contributed by atoms with E-state index in [1.165, 1.54) is 0 Å². The van der Waals surface area contributed by atoms with Crippen LogP contribution in [0.5, 0.6) is 5.75 Å². The van der Waals surface area contributed by atoms with E-state index in [2.05, 4.69) is 16.7 Å². The molecule has 0 aliphatic heterocycles. The molecule has 152 valence electrons. The fraction of sp³-hybridized carbons (Fsp3) is 0.174. The minimum Gasteiger partial charge on any atom is -0.490 e. The smallest absolute Gasteiger partial charge is 0.259 e. The predicted molar refractivity (Wildman–Crippen MR) is 118 cm³/mol. The molecule has 3 aromatic heterocycles. The molecule has 0 spiro atoms. The van der Waals surface area contributed by atoms with Crippen LogP contribution in [0.25, 0.3) is 21.7 Å². The molecule has 0 bridgehead atoms. The van der Waals surface area contributed by atoms with Crippen molar-refractivity contribution in [3.63, 3.8) is 0 Å². The Labute approximate surface area is 178 Å². The van der Waals surface area contributed by atoms with Crippen LogP contribution >= 0.6 is 11.3 Å². The highest BCUT2D eigenvalue weighted by molar-refractivity contribution is 7.13. The number of thiophene rings is 1. The lowest BCUT2D eigenvalue weighted by Gasteiger charge is -2.18. The van der Waals surface area contributed by atoms with Gasteiger partial charge in [-0.25, -0.2) is 4.98 Å². The zero-order valence-corrected chi connectivity index (χ0v) is 17.6. The van der Waals surface area contributed by atoms with E-state index in [4.69, 9.17) is 9.26 Å². The maximum atomic E-state index is 13.3. The highest BCUT2D eigenvalue weighted by Gasteiger charge is 2.22. The number of fused-ring (bicyclic) bond motifs is 1. The van der Waals surface area contributed by atoms with Gasteiger partial charge in [0, 0.05) is 13.6 Å². The fourth-order valence-electron chi connectivity index (χ4n) is 3.21. The third-order valence-electron chi connectivity index (χ3n) is 4.68. The number of nitrogens with zero attached hydrogens (tertiary/aromatic N) is 3.